The molecule has 2 aromatic rings. The van der Waals surface area contributed by atoms with E-state index < -0.39 is 0 Å². The van der Waals surface area contributed by atoms with E-state index in [4.69, 9.17) is 0 Å². The number of amides is 1. The molecule has 1 N–H and O–H groups in total. The van der Waals surface area contributed by atoms with E-state index in [1.165, 1.54) is 30.2 Å². The molecule has 0 bridgehead atoms. The minimum atomic E-state index is -0.0982. The fraction of sp³-hybridized carbons (Fsp3) is 0.524. The minimum absolute atomic E-state index is 0.0344. The molecular weight excluding hydrogens is 372 g/mol. The third kappa shape index (κ3) is 5.44. The van der Waals surface area contributed by atoms with Gasteiger partial charge in [-0.25, -0.2) is 9.97 Å². The number of hydrogen-bond donors (Lipinski definition) is 1. The second kappa shape index (κ2) is 9.87. The Morgan fingerprint density at radius 3 is 2.96 bits per heavy atom. The van der Waals surface area contributed by atoms with Gasteiger partial charge in [0.05, 0.1) is 11.1 Å². The zero-order chi connectivity index (χ0) is 19.9. The van der Waals surface area contributed by atoms with Crippen LogP contribution in [0.3, 0.4) is 0 Å². The van der Waals surface area contributed by atoms with Crippen molar-refractivity contribution in [1.29, 1.82) is 0 Å². The molecule has 7 heteroatoms. The van der Waals surface area contributed by atoms with E-state index in [0.717, 1.165) is 19.3 Å². The van der Waals surface area contributed by atoms with Gasteiger partial charge in [-0.15, -0.1) is 0 Å². The van der Waals surface area contributed by atoms with Gasteiger partial charge in [-0.1, -0.05) is 37.3 Å². The molecule has 2 aromatic heterocycles. The number of allylic oxidation sites excluding steroid dienone is 1. The molecular formula is C21H28N4O2S. The molecule has 2 heterocycles. The van der Waals surface area contributed by atoms with Crippen LogP contribution in [0.1, 0.15) is 46.0 Å². The maximum Gasteiger partial charge on any atom is 0.263 e. The number of rotatable bonds is 8. The van der Waals surface area contributed by atoms with Crippen LogP contribution in [0.15, 0.2) is 39.9 Å². The highest BCUT2D eigenvalue weighted by molar-refractivity contribution is 7.99. The Kier molecular flexibility index (Phi) is 7.25. The van der Waals surface area contributed by atoms with Gasteiger partial charge in [0.1, 0.15) is 0 Å². The fourth-order valence-corrected chi connectivity index (χ4v) is 4.17. The van der Waals surface area contributed by atoms with Crippen LogP contribution in [-0.2, 0) is 11.3 Å². The second-order valence-electron chi connectivity index (χ2n) is 7.58. The summed E-state index contributed by atoms with van der Waals surface area (Å²) in [5, 5.41) is 4.04. The van der Waals surface area contributed by atoms with Crippen LogP contribution in [0.5, 0.6) is 0 Å². The number of nitrogens with one attached hydrogen (secondary N) is 1. The molecule has 3 rings (SSSR count). The van der Waals surface area contributed by atoms with Gasteiger partial charge in [-0.2, -0.15) is 0 Å². The van der Waals surface area contributed by atoms with Crippen LogP contribution in [0.25, 0.3) is 11.0 Å². The number of pyridine rings is 1. The van der Waals surface area contributed by atoms with Crippen LogP contribution < -0.4 is 10.9 Å². The maximum atomic E-state index is 12.8. The monoisotopic (exact) mass is 400 g/mol. The highest BCUT2D eigenvalue weighted by Gasteiger charge is 2.15. The zero-order valence-corrected chi connectivity index (χ0v) is 17.4. The molecule has 0 fully saturated rings. The lowest BCUT2D eigenvalue weighted by Crippen LogP contribution is -2.28. The maximum absolute atomic E-state index is 12.8. The molecule has 0 unspecified atom stereocenters. The lowest BCUT2D eigenvalue weighted by molar-refractivity contribution is -0.118. The van der Waals surface area contributed by atoms with Gasteiger partial charge in [0.2, 0.25) is 5.91 Å². The fourth-order valence-electron chi connectivity index (χ4n) is 3.35. The highest BCUT2D eigenvalue weighted by atomic mass is 32.2. The first-order valence-electron chi connectivity index (χ1n) is 9.97. The number of hydrogen-bond acceptors (Lipinski definition) is 5. The van der Waals surface area contributed by atoms with E-state index in [9.17, 15) is 9.59 Å². The standard InChI is InChI=1S/C21H28N4O2S/c1-15(2)13-25-20(27)17-9-6-11-23-19(17)24-21(25)28-14-18(26)22-12-10-16-7-4-3-5-8-16/h6-7,9,11,15H,3-5,8,10,12-14H2,1-2H3,(H,22,26). The van der Waals surface area contributed by atoms with Crippen molar-refractivity contribution in [2.45, 2.75) is 57.7 Å². The summed E-state index contributed by atoms with van der Waals surface area (Å²) < 4.78 is 1.67. The van der Waals surface area contributed by atoms with Crippen molar-refractivity contribution < 1.29 is 4.79 Å². The molecule has 0 saturated heterocycles. The van der Waals surface area contributed by atoms with E-state index in [1.807, 2.05) is 0 Å². The third-order valence-electron chi connectivity index (χ3n) is 4.73. The van der Waals surface area contributed by atoms with Crippen molar-refractivity contribution in [3.8, 4) is 0 Å². The van der Waals surface area contributed by atoms with Gasteiger partial charge < -0.3 is 5.32 Å². The van der Waals surface area contributed by atoms with Crippen molar-refractivity contribution in [2.75, 3.05) is 12.3 Å². The minimum Gasteiger partial charge on any atom is -0.355 e. The summed E-state index contributed by atoms with van der Waals surface area (Å²) in [7, 11) is 0. The summed E-state index contributed by atoms with van der Waals surface area (Å²) in [6.45, 7) is 5.34. The molecule has 0 saturated carbocycles. The molecule has 0 aliphatic heterocycles. The average molecular weight is 401 g/mol. The normalized spacial score (nSPS) is 14.3. The Balaban J connectivity index is 1.64. The van der Waals surface area contributed by atoms with E-state index in [0.29, 0.717) is 35.2 Å². The Bertz CT molecular complexity index is 920. The zero-order valence-electron chi connectivity index (χ0n) is 16.6. The lowest BCUT2D eigenvalue weighted by Gasteiger charge is -2.15. The topological polar surface area (TPSA) is 76.9 Å². The molecule has 0 spiro atoms. The van der Waals surface area contributed by atoms with E-state index in [2.05, 4.69) is 35.2 Å². The quantitative estimate of drug-likeness (QED) is 0.417. The number of thioether (sulfide) groups is 1. The molecule has 1 amide bonds. The molecule has 6 nitrogen and oxygen atoms in total. The van der Waals surface area contributed by atoms with E-state index in [1.54, 1.807) is 22.9 Å². The van der Waals surface area contributed by atoms with Gasteiger partial charge in [0, 0.05) is 19.3 Å². The van der Waals surface area contributed by atoms with E-state index >= 15 is 0 Å². The molecule has 28 heavy (non-hydrogen) atoms. The summed E-state index contributed by atoms with van der Waals surface area (Å²) >= 11 is 1.30. The van der Waals surface area contributed by atoms with Gasteiger partial charge in [0.15, 0.2) is 10.8 Å². The average Bonchev–Trinajstić information content (AvgIpc) is 2.69. The van der Waals surface area contributed by atoms with Gasteiger partial charge in [-0.3, -0.25) is 14.2 Å². The van der Waals surface area contributed by atoms with Crippen molar-refractivity contribution in [3.63, 3.8) is 0 Å². The Morgan fingerprint density at radius 1 is 1.36 bits per heavy atom. The van der Waals surface area contributed by atoms with Gasteiger partial charge in [0.25, 0.3) is 5.56 Å². The van der Waals surface area contributed by atoms with Crippen LogP contribution in [0.4, 0.5) is 0 Å². The largest absolute Gasteiger partial charge is 0.355 e. The van der Waals surface area contributed by atoms with Crippen LogP contribution in [-0.4, -0.2) is 32.7 Å². The first-order valence-corrected chi connectivity index (χ1v) is 11.0. The summed E-state index contributed by atoms with van der Waals surface area (Å²) in [6.07, 6.45) is 9.70. The Labute approximate surface area is 169 Å². The van der Waals surface area contributed by atoms with Crippen molar-refractivity contribution in [2.24, 2.45) is 5.92 Å². The van der Waals surface area contributed by atoms with Crippen LogP contribution in [0.2, 0.25) is 0 Å². The predicted molar refractivity (Wildman–Crippen MR) is 114 cm³/mol. The number of carbonyl (C=O) groups excluding carboxylic acids is 1. The molecule has 0 aromatic carbocycles. The molecule has 1 aliphatic carbocycles. The van der Waals surface area contributed by atoms with E-state index in [-0.39, 0.29) is 17.2 Å². The van der Waals surface area contributed by atoms with Crippen molar-refractivity contribution in [1.82, 2.24) is 19.9 Å². The lowest BCUT2D eigenvalue weighted by atomic mass is 9.97. The number of nitrogens with zero attached hydrogens (tertiary/aromatic N) is 3. The van der Waals surface area contributed by atoms with Crippen LogP contribution >= 0.6 is 11.8 Å². The summed E-state index contributed by atoms with van der Waals surface area (Å²) in [4.78, 5) is 33.8. The summed E-state index contributed by atoms with van der Waals surface area (Å²) in [6, 6.07) is 3.49. The third-order valence-corrected chi connectivity index (χ3v) is 5.70. The smallest absolute Gasteiger partial charge is 0.263 e. The number of aromatic nitrogens is 3. The molecule has 150 valence electrons. The number of carbonyl (C=O) groups is 1. The summed E-state index contributed by atoms with van der Waals surface area (Å²) in [5.41, 5.74) is 1.78. The predicted octanol–water partition coefficient (Wildman–Crippen LogP) is 3.55. The summed E-state index contributed by atoms with van der Waals surface area (Å²) in [5.74, 6) is 0.500. The Morgan fingerprint density at radius 2 is 2.21 bits per heavy atom. The number of fused-ring (bicyclic) bond motifs is 1. The molecule has 0 radical (unpaired) electrons. The highest BCUT2D eigenvalue weighted by Crippen LogP contribution is 2.20. The van der Waals surface area contributed by atoms with Gasteiger partial charge >= 0.3 is 0 Å². The first-order chi connectivity index (χ1) is 13.5. The molecule has 0 atom stereocenters. The van der Waals surface area contributed by atoms with Crippen molar-refractivity contribution in [3.05, 3.63) is 40.3 Å². The SMILES string of the molecule is CC(C)Cn1c(SCC(=O)NCCC2=CCCCC2)nc2ncccc2c1=O. The second-order valence-corrected chi connectivity index (χ2v) is 8.52. The Hall–Kier alpha value is -2.15. The first kappa shape index (κ1) is 20.6. The van der Waals surface area contributed by atoms with Gasteiger partial charge in [-0.05, 0) is 50.2 Å². The molecule has 1 aliphatic rings. The van der Waals surface area contributed by atoms with Crippen molar-refractivity contribution >= 4 is 28.7 Å². The van der Waals surface area contributed by atoms with Crippen LogP contribution in [0, 0.1) is 5.92 Å².